The van der Waals surface area contributed by atoms with Crippen LogP contribution in [-0.4, -0.2) is 61.3 Å². The van der Waals surface area contributed by atoms with Gasteiger partial charge in [0.15, 0.2) is 0 Å². The minimum Gasteiger partial charge on any atom is -0.507 e. The fraction of sp³-hybridized carbons (Fsp3) is 0.536. The normalized spacial score (nSPS) is 16.4. The van der Waals surface area contributed by atoms with Gasteiger partial charge in [0.1, 0.15) is 23.7 Å². The Morgan fingerprint density at radius 1 is 1.23 bits per heavy atom. The van der Waals surface area contributed by atoms with E-state index in [1.165, 1.54) is 14.2 Å². The molecular weight excluding hydrogens is 527 g/mol. The van der Waals surface area contributed by atoms with Crippen LogP contribution < -0.4 is 4.74 Å². The SMILES string of the molecule is CCOC(=O)[C@H](C)CP(=O)(C/C=C/CC(C/C(C)=C/Cc1c(O)c2c(c(C)c1OC)COC2=O)C(=O)O)OC. The molecule has 2 unspecified atom stereocenters. The molecule has 2 rings (SSSR count). The van der Waals surface area contributed by atoms with Gasteiger partial charge in [0.05, 0.1) is 25.6 Å². The molecule has 0 radical (unpaired) electrons. The molecular formula is C28H39O10P. The number of carboxylic acid groups (broad SMARTS) is 1. The molecule has 1 heterocycles. The van der Waals surface area contributed by atoms with Crippen LogP contribution in [0.4, 0.5) is 0 Å². The number of aliphatic carboxylic acids is 1. The molecule has 11 heteroatoms. The molecule has 10 nitrogen and oxygen atoms in total. The van der Waals surface area contributed by atoms with Crippen LogP contribution in [0.15, 0.2) is 23.8 Å². The van der Waals surface area contributed by atoms with Crippen LogP contribution in [0, 0.1) is 18.8 Å². The number of benzene rings is 1. The first-order valence-electron chi connectivity index (χ1n) is 12.8. The molecule has 2 N–H and O–H groups in total. The van der Waals surface area contributed by atoms with Crippen LogP contribution in [0.2, 0.25) is 0 Å². The largest absolute Gasteiger partial charge is 0.507 e. The maximum Gasteiger partial charge on any atom is 0.342 e. The number of esters is 2. The summed E-state index contributed by atoms with van der Waals surface area (Å²) in [6, 6.07) is 0. The topological polar surface area (TPSA) is 146 Å². The van der Waals surface area contributed by atoms with Crippen molar-refractivity contribution in [2.45, 2.75) is 53.6 Å². The number of carboxylic acids is 1. The highest BCUT2D eigenvalue weighted by Crippen LogP contribution is 2.48. The Morgan fingerprint density at radius 3 is 2.51 bits per heavy atom. The lowest BCUT2D eigenvalue weighted by atomic mass is 9.93. The summed E-state index contributed by atoms with van der Waals surface area (Å²) in [5, 5.41) is 20.5. The molecule has 0 aliphatic carbocycles. The summed E-state index contributed by atoms with van der Waals surface area (Å²) in [6.45, 7) is 7.25. The van der Waals surface area contributed by atoms with Crippen LogP contribution in [0.1, 0.15) is 60.7 Å². The number of carbonyl (C=O) groups is 3. The number of allylic oxidation sites excluding steroid dienone is 4. The maximum atomic E-state index is 13.0. The Balaban J connectivity index is 2.07. The molecule has 0 bridgehead atoms. The zero-order chi connectivity index (χ0) is 29.3. The maximum absolute atomic E-state index is 13.0. The molecule has 1 aliphatic heterocycles. The first-order chi connectivity index (χ1) is 18.4. The van der Waals surface area contributed by atoms with Crippen LogP contribution in [0.5, 0.6) is 11.5 Å². The van der Waals surface area contributed by atoms with Gasteiger partial charge in [-0.05, 0) is 45.6 Å². The van der Waals surface area contributed by atoms with Crippen molar-refractivity contribution < 1.29 is 47.9 Å². The molecule has 0 saturated carbocycles. The minimum absolute atomic E-state index is 0.0348. The van der Waals surface area contributed by atoms with Crippen molar-refractivity contribution in [3.8, 4) is 11.5 Å². The molecule has 0 spiro atoms. The molecule has 216 valence electrons. The van der Waals surface area contributed by atoms with E-state index < -0.39 is 37.1 Å². The zero-order valence-electron chi connectivity index (χ0n) is 23.4. The van der Waals surface area contributed by atoms with E-state index >= 15 is 0 Å². The lowest BCUT2D eigenvalue weighted by Crippen LogP contribution is -2.19. The Bertz CT molecular complexity index is 1180. The second-order valence-corrected chi connectivity index (χ2v) is 12.4. The van der Waals surface area contributed by atoms with Crippen molar-refractivity contribution >= 4 is 25.3 Å². The summed E-state index contributed by atoms with van der Waals surface area (Å²) in [5.74, 6) is -3.03. The summed E-state index contributed by atoms with van der Waals surface area (Å²) in [4.78, 5) is 35.9. The summed E-state index contributed by atoms with van der Waals surface area (Å²) in [5.41, 5.74) is 2.68. The van der Waals surface area contributed by atoms with Gasteiger partial charge in [-0.1, -0.05) is 30.7 Å². The number of phenols is 1. The van der Waals surface area contributed by atoms with Crippen molar-refractivity contribution in [3.05, 3.63) is 46.1 Å². The quantitative estimate of drug-likeness (QED) is 0.168. The number of hydrogen-bond acceptors (Lipinski definition) is 9. The van der Waals surface area contributed by atoms with E-state index in [0.29, 0.717) is 16.9 Å². The van der Waals surface area contributed by atoms with Crippen molar-refractivity contribution in [1.82, 2.24) is 0 Å². The summed E-state index contributed by atoms with van der Waals surface area (Å²) in [6.07, 6.45) is 5.90. The van der Waals surface area contributed by atoms with Crippen molar-refractivity contribution in [1.29, 1.82) is 0 Å². The predicted molar refractivity (Wildman–Crippen MR) is 146 cm³/mol. The van der Waals surface area contributed by atoms with Gasteiger partial charge >= 0.3 is 17.9 Å². The van der Waals surface area contributed by atoms with Gasteiger partial charge in [-0.15, -0.1) is 0 Å². The van der Waals surface area contributed by atoms with Crippen LogP contribution in [-0.2, 0) is 41.2 Å². The number of aromatic hydroxyl groups is 1. The smallest absolute Gasteiger partial charge is 0.342 e. The molecule has 1 aromatic carbocycles. The van der Waals surface area contributed by atoms with E-state index in [1.807, 2.05) is 0 Å². The summed E-state index contributed by atoms with van der Waals surface area (Å²) >= 11 is 0. The molecule has 1 aliphatic rings. The molecule has 1 aromatic rings. The van der Waals surface area contributed by atoms with Crippen molar-refractivity contribution in [2.24, 2.45) is 11.8 Å². The fourth-order valence-corrected chi connectivity index (χ4v) is 6.44. The highest BCUT2D eigenvalue weighted by molar-refractivity contribution is 7.59. The number of hydrogen-bond donors (Lipinski definition) is 2. The third-order valence-electron chi connectivity index (χ3n) is 6.76. The molecule has 0 aromatic heterocycles. The van der Waals surface area contributed by atoms with E-state index in [1.54, 1.807) is 45.9 Å². The van der Waals surface area contributed by atoms with Crippen molar-refractivity contribution in [3.63, 3.8) is 0 Å². The van der Waals surface area contributed by atoms with E-state index in [0.717, 1.165) is 11.1 Å². The standard InChI is InChI=1S/C28H39O10P/c1-7-37-27(32)18(3)16-39(34,36-6)13-9-8-10-20(26(30)31)14-17(2)11-12-21-24(29)23-22(15-38-28(23)33)19(4)25(21)35-5/h8-9,11,18,20,29H,7,10,12-16H2,1-6H3,(H,30,31)/b9-8+,17-11+/t18-,20?,39?/m1/s1. The summed E-state index contributed by atoms with van der Waals surface area (Å²) < 4.78 is 33.8. The zero-order valence-corrected chi connectivity index (χ0v) is 24.3. The third kappa shape index (κ3) is 8.19. The highest BCUT2D eigenvalue weighted by Gasteiger charge is 2.32. The molecule has 0 amide bonds. The van der Waals surface area contributed by atoms with Gasteiger partial charge in [-0.25, -0.2) is 4.79 Å². The van der Waals surface area contributed by atoms with Gasteiger partial charge in [-0.2, -0.15) is 0 Å². The lowest BCUT2D eigenvalue weighted by molar-refractivity contribution is -0.146. The average molecular weight is 567 g/mol. The second-order valence-electron chi connectivity index (χ2n) is 9.63. The van der Waals surface area contributed by atoms with Crippen molar-refractivity contribution in [2.75, 3.05) is 33.2 Å². The fourth-order valence-electron chi connectivity index (χ4n) is 4.54. The lowest BCUT2D eigenvalue weighted by Gasteiger charge is -2.18. The number of carbonyl (C=O) groups excluding carboxylic acids is 2. The number of rotatable bonds is 15. The first-order valence-corrected chi connectivity index (χ1v) is 14.8. The highest BCUT2D eigenvalue weighted by atomic mass is 31.2. The number of ether oxygens (including phenoxy) is 3. The Labute approximate surface area is 229 Å². The van der Waals surface area contributed by atoms with E-state index in [4.69, 9.17) is 18.7 Å². The Kier molecular flexibility index (Phi) is 11.8. The average Bonchev–Trinajstić information content (AvgIpc) is 3.28. The van der Waals surface area contributed by atoms with Gasteiger partial charge in [-0.3, -0.25) is 14.2 Å². The van der Waals surface area contributed by atoms with E-state index in [-0.39, 0.29) is 56.1 Å². The van der Waals surface area contributed by atoms with E-state index in [9.17, 15) is 29.2 Å². The summed E-state index contributed by atoms with van der Waals surface area (Å²) in [7, 11) is -0.315. The molecule has 0 fully saturated rings. The Morgan fingerprint density at radius 2 is 1.92 bits per heavy atom. The first kappa shape index (κ1) is 32.1. The van der Waals surface area contributed by atoms with Crippen LogP contribution in [0.25, 0.3) is 0 Å². The van der Waals surface area contributed by atoms with E-state index in [2.05, 4.69) is 0 Å². The van der Waals surface area contributed by atoms with Crippen LogP contribution in [0.3, 0.4) is 0 Å². The number of fused-ring (bicyclic) bond motifs is 1. The number of cyclic esters (lactones) is 1. The van der Waals surface area contributed by atoms with Gasteiger partial charge in [0.25, 0.3) is 0 Å². The van der Waals surface area contributed by atoms with Crippen LogP contribution >= 0.6 is 7.37 Å². The molecule has 39 heavy (non-hydrogen) atoms. The number of phenolic OH excluding ortho intramolecular Hbond substituents is 1. The monoisotopic (exact) mass is 566 g/mol. The van der Waals surface area contributed by atoms with Gasteiger partial charge < -0.3 is 28.9 Å². The predicted octanol–water partition coefficient (Wildman–Crippen LogP) is 5.03. The molecule has 3 atom stereocenters. The Hall–Kier alpha value is -3.10. The third-order valence-corrected chi connectivity index (χ3v) is 9.30. The van der Waals surface area contributed by atoms with Gasteiger partial charge in [0.2, 0.25) is 7.37 Å². The number of methoxy groups -OCH3 is 1. The minimum atomic E-state index is -3.13. The molecule has 0 saturated heterocycles. The second kappa shape index (κ2) is 14.3. The van der Waals surface area contributed by atoms with Gasteiger partial charge in [0, 0.05) is 30.6 Å².